The summed E-state index contributed by atoms with van der Waals surface area (Å²) in [5, 5.41) is 4.88. The van der Waals surface area contributed by atoms with E-state index in [1.54, 1.807) is 0 Å². The van der Waals surface area contributed by atoms with Crippen LogP contribution in [0.2, 0.25) is 0 Å². The van der Waals surface area contributed by atoms with Gasteiger partial charge in [-0.05, 0) is 37.3 Å². The van der Waals surface area contributed by atoms with E-state index in [0.717, 1.165) is 31.5 Å². The number of fused-ring (bicyclic) bond motifs is 1. The maximum Gasteiger partial charge on any atom is 0.0758 e. The van der Waals surface area contributed by atoms with E-state index in [2.05, 4.69) is 51.2 Å². The van der Waals surface area contributed by atoms with E-state index in [-0.39, 0.29) is 0 Å². The fourth-order valence-corrected chi connectivity index (χ4v) is 2.67. The summed E-state index contributed by atoms with van der Waals surface area (Å²) in [5.74, 6) is 0. The van der Waals surface area contributed by atoms with Crippen molar-refractivity contribution in [2.75, 3.05) is 11.9 Å². The molecule has 0 saturated carbocycles. The molecule has 0 spiro atoms. The second-order valence-electron chi connectivity index (χ2n) is 5.00. The Bertz CT molecular complexity index is 573. The number of nitrogens with one attached hydrogen (secondary N) is 1. The fourth-order valence-electron chi connectivity index (χ4n) is 2.67. The molecule has 19 heavy (non-hydrogen) atoms. The lowest BCUT2D eigenvalue weighted by Gasteiger charge is -2.17. The summed E-state index contributed by atoms with van der Waals surface area (Å²) >= 11 is 0. The van der Waals surface area contributed by atoms with Gasteiger partial charge in [0.2, 0.25) is 0 Å². The van der Waals surface area contributed by atoms with Gasteiger partial charge in [0.15, 0.2) is 0 Å². The minimum atomic E-state index is 1.02. The molecule has 1 aromatic heterocycles. The molecule has 1 N–H and O–H groups in total. The normalized spacial score (nSPS) is 10.9. The van der Waals surface area contributed by atoms with Gasteiger partial charge < -0.3 is 5.32 Å². The van der Waals surface area contributed by atoms with Gasteiger partial charge in [-0.2, -0.15) is 0 Å². The van der Waals surface area contributed by atoms with E-state index >= 15 is 0 Å². The average Bonchev–Trinajstić information content (AvgIpc) is 2.43. The SMILES string of the molecule is CCCNc1c(CC)c(C)nc2c(CC)cccc12. The van der Waals surface area contributed by atoms with Crippen LogP contribution in [-0.4, -0.2) is 11.5 Å². The number of anilines is 1. The Morgan fingerprint density at radius 3 is 2.53 bits per heavy atom. The Kier molecular flexibility index (Phi) is 4.41. The van der Waals surface area contributed by atoms with Crippen LogP contribution < -0.4 is 5.32 Å². The molecule has 0 fully saturated rings. The van der Waals surface area contributed by atoms with Crippen LogP contribution in [-0.2, 0) is 12.8 Å². The molecule has 2 heteroatoms. The number of rotatable bonds is 5. The third kappa shape index (κ3) is 2.58. The Hall–Kier alpha value is -1.57. The van der Waals surface area contributed by atoms with E-state index in [1.807, 2.05) is 0 Å². The molecule has 0 atom stereocenters. The third-order valence-corrected chi connectivity index (χ3v) is 3.69. The molecule has 0 aliphatic rings. The molecule has 2 rings (SSSR count). The van der Waals surface area contributed by atoms with Gasteiger partial charge in [-0.3, -0.25) is 4.98 Å². The molecule has 2 aromatic rings. The van der Waals surface area contributed by atoms with E-state index < -0.39 is 0 Å². The quantitative estimate of drug-likeness (QED) is 0.852. The minimum absolute atomic E-state index is 1.02. The molecule has 0 saturated heterocycles. The Morgan fingerprint density at radius 1 is 1.11 bits per heavy atom. The van der Waals surface area contributed by atoms with Crippen molar-refractivity contribution < 1.29 is 0 Å². The van der Waals surface area contributed by atoms with Gasteiger partial charge in [0.1, 0.15) is 0 Å². The number of para-hydroxylation sites is 1. The molecule has 0 radical (unpaired) electrons. The number of hydrogen-bond donors (Lipinski definition) is 1. The van der Waals surface area contributed by atoms with Crippen LogP contribution in [0.25, 0.3) is 10.9 Å². The summed E-state index contributed by atoms with van der Waals surface area (Å²) in [6.45, 7) is 9.74. The van der Waals surface area contributed by atoms with Crippen molar-refractivity contribution in [2.24, 2.45) is 0 Å². The zero-order valence-corrected chi connectivity index (χ0v) is 12.5. The molecule has 1 heterocycles. The topological polar surface area (TPSA) is 24.9 Å². The maximum atomic E-state index is 4.85. The molecule has 0 amide bonds. The van der Waals surface area contributed by atoms with Gasteiger partial charge in [0, 0.05) is 23.3 Å². The monoisotopic (exact) mass is 256 g/mol. The van der Waals surface area contributed by atoms with Crippen molar-refractivity contribution in [3.05, 3.63) is 35.0 Å². The zero-order valence-electron chi connectivity index (χ0n) is 12.5. The van der Waals surface area contributed by atoms with Crippen LogP contribution in [0.15, 0.2) is 18.2 Å². The zero-order chi connectivity index (χ0) is 13.8. The summed E-state index contributed by atoms with van der Waals surface area (Å²) in [7, 11) is 0. The van der Waals surface area contributed by atoms with Crippen LogP contribution in [0.1, 0.15) is 44.0 Å². The summed E-state index contributed by atoms with van der Waals surface area (Å²) in [5.41, 5.74) is 6.31. The summed E-state index contributed by atoms with van der Waals surface area (Å²) in [4.78, 5) is 4.85. The van der Waals surface area contributed by atoms with Crippen molar-refractivity contribution in [2.45, 2.75) is 47.0 Å². The van der Waals surface area contributed by atoms with E-state index in [4.69, 9.17) is 4.98 Å². The van der Waals surface area contributed by atoms with Crippen LogP contribution in [0, 0.1) is 6.92 Å². The van der Waals surface area contributed by atoms with Crippen molar-refractivity contribution in [1.82, 2.24) is 4.98 Å². The largest absolute Gasteiger partial charge is 0.384 e. The van der Waals surface area contributed by atoms with Gasteiger partial charge in [-0.1, -0.05) is 39.0 Å². The predicted molar refractivity (Wildman–Crippen MR) is 84.0 cm³/mol. The van der Waals surface area contributed by atoms with Crippen molar-refractivity contribution in [1.29, 1.82) is 0 Å². The van der Waals surface area contributed by atoms with Crippen molar-refractivity contribution >= 4 is 16.6 Å². The number of aromatic nitrogens is 1. The number of nitrogens with zero attached hydrogens (tertiary/aromatic N) is 1. The number of pyridine rings is 1. The van der Waals surface area contributed by atoms with Crippen LogP contribution in [0.4, 0.5) is 5.69 Å². The number of hydrogen-bond acceptors (Lipinski definition) is 2. The first-order chi connectivity index (χ1) is 9.22. The van der Waals surface area contributed by atoms with Gasteiger partial charge >= 0.3 is 0 Å². The average molecular weight is 256 g/mol. The van der Waals surface area contributed by atoms with Gasteiger partial charge in [0.05, 0.1) is 5.52 Å². The highest BCUT2D eigenvalue weighted by atomic mass is 14.9. The minimum Gasteiger partial charge on any atom is -0.384 e. The fraction of sp³-hybridized carbons (Fsp3) is 0.471. The van der Waals surface area contributed by atoms with E-state index in [0.29, 0.717) is 0 Å². The van der Waals surface area contributed by atoms with Crippen LogP contribution >= 0.6 is 0 Å². The molecular formula is C17H24N2. The highest BCUT2D eigenvalue weighted by Crippen LogP contribution is 2.30. The molecule has 0 unspecified atom stereocenters. The lowest BCUT2D eigenvalue weighted by atomic mass is 10.0. The summed E-state index contributed by atoms with van der Waals surface area (Å²) < 4.78 is 0. The van der Waals surface area contributed by atoms with Gasteiger partial charge in [-0.15, -0.1) is 0 Å². The molecule has 0 aliphatic heterocycles. The lowest BCUT2D eigenvalue weighted by Crippen LogP contribution is -2.07. The molecule has 2 nitrogen and oxygen atoms in total. The second kappa shape index (κ2) is 6.05. The van der Waals surface area contributed by atoms with Crippen LogP contribution in [0.3, 0.4) is 0 Å². The third-order valence-electron chi connectivity index (χ3n) is 3.69. The number of benzene rings is 1. The summed E-state index contributed by atoms with van der Waals surface area (Å²) in [6.07, 6.45) is 3.19. The van der Waals surface area contributed by atoms with Crippen LogP contribution in [0.5, 0.6) is 0 Å². The van der Waals surface area contributed by atoms with Crippen molar-refractivity contribution in [3.63, 3.8) is 0 Å². The van der Waals surface area contributed by atoms with E-state index in [9.17, 15) is 0 Å². The maximum absolute atomic E-state index is 4.85. The highest BCUT2D eigenvalue weighted by Gasteiger charge is 2.12. The molecule has 102 valence electrons. The first-order valence-corrected chi connectivity index (χ1v) is 7.37. The highest BCUT2D eigenvalue weighted by molar-refractivity contribution is 5.95. The Morgan fingerprint density at radius 2 is 1.89 bits per heavy atom. The van der Waals surface area contributed by atoms with E-state index in [1.165, 1.54) is 27.7 Å². The first-order valence-electron chi connectivity index (χ1n) is 7.37. The first kappa shape index (κ1) is 13.9. The van der Waals surface area contributed by atoms with Gasteiger partial charge in [0.25, 0.3) is 0 Å². The molecule has 0 aliphatic carbocycles. The predicted octanol–water partition coefficient (Wildman–Crippen LogP) is 4.49. The number of aryl methyl sites for hydroxylation is 2. The molecular weight excluding hydrogens is 232 g/mol. The smallest absolute Gasteiger partial charge is 0.0758 e. The Balaban J connectivity index is 2.71. The molecule has 0 bridgehead atoms. The summed E-state index contributed by atoms with van der Waals surface area (Å²) in [6, 6.07) is 6.52. The standard InChI is InChI=1S/C17H24N2/c1-5-11-18-17-14(7-3)12(4)19-16-13(6-2)9-8-10-15(16)17/h8-10H,5-7,11H2,1-4H3,(H,18,19). The van der Waals surface area contributed by atoms with Crippen molar-refractivity contribution in [3.8, 4) is 0 Å². The second-order valence-corrected chi connectivity index (χ2v) is 5.00. The van der Waals surface area contributed by atoms with Gasteiger partial charge in [-0.25, -0.2) is 0 Å². The lowest BCUT2D eigenvalue weighted by molar-refractivity contribution is 0.968. The Labute approximate surface area is 116 Å². The molecule has 1 aromatic carbocycles.